The number of hydrogen-bond acceptors (Lipinski definition) is 7. The van der Waals surface area contributed by atoms with Gasteiger partial charge in [-0.15, -0.1) is 0 Å². The Bertz CT molecular complexity index is 1240. The molecule has 0 aromatic heterocycles. The molecule has 0 radical (unpaired) electrons. The van der Waals surface area contributed by atoms with E-state index in [1.54, 1.807) is 41.5 Å². The third-order valence-electron chi connectivity index (χ3n) is 7.49. The number of primary amides is 1. The molecular weight excluding hydrogens is 528 g/mol. The first-order valence-corrected chi connectivity index (χ1v) is 13.3. The van der Waals surface area contributed by atoms with Crippen molar-refractivity contribution in [2.24, 2.45) is 11.7 Å². The van der Waals surface area contributed by atoms with Crippen molar-refractivity contribution in [1.82, 2.24) is 10.2 Å². The fourth-order valence-corrected chi connectivity index (χ4v) is 5.79. The van der Waals surface area contributed by atoms with Gasteiger partial charge in [0.1, 0.15) is 35.0 Å². The van der Waals surface area contributed by atoms with Gasteiger partial charge in [-0.05, 0) is 60.5 Å². The van der Waals surface area contributed by atoms with Gasteiger partial charge in [-0.3, -0.25) is 19.3 Å². The molecule has 220 valence electrons. The largest absolute Gasteiger partial charge is 0.492 e. The van der Waals surface area contributed by atoms with E-state index in [-0.39, 0.29) is 49.6 Å². The number of amides is 3. The average molecular weight is 566 g/mol. The van der Waals surface area contributed by atoms with Crippen LogP contribution in [-0.4, -0.2) is 65.1 Å². The number of esters is 1. The minimum Gasteiger partial charge on any atom is -0.492 e. The summed E-state index contributed by atoms with van der Waals surface area (Å²) in [4.78, 5) is 51.5. The maximum atomic E-state index is 17.0. The Labute approximate surface area is 231 Å². The van der Waals surface area contributed by atoms with Crippen LogP contribution in [0, 0.1) is 5.92 Å². The number of carbonyl (C=O) groups is 4. The number of rotatable bonds is 5. The van der Waals surface area contributed by atoms with Gasteiger partial charge < -0.3 is 25.3 Å². The number of ether oxygens (including phenoxy) is 3. The predicted octanol–water partition coefficient (Wildman–Crippen LogP) is 3.43. The molecule has 3 heterocycles. The minimum absolute atomic E-state index is 0.145. The normalized spacial score (nSPS) is 24.1. The first-order valence-electron chi connectivity index (χ1n) is 13.3. The van der Waals surface area contributed by atoms with Crippen molar-refractivity contribution >= 4 is 23.9 Å². The van der Waals surface area contributed by atoms with Crippen molar-refractivity contribution in [1.29, 1.82) is 0 Å². The summed E-state index contributed by atoms with van der Waals surface area (Å²) in [6.45, 7) is 9.35. The molecule has 1 fully saturated rings. The van der Waals surface area contributed by atoms with Gasteiger partial charge in [0.25, 0.3) is 11.8 Å². The molecule has 1 aromatic rings. The molecule has 0 saturated carbocycles. The first-order chi connectivity index (χ1) is 18.4. The number of halogens is 2. The Morgan fingerprint density at radius 3 is 2.40 bits per heavy atom. The van der Waals surface area contributed by atoms with Crippen molar-refractivity contribution in [3.8, 4) is 5.75 Å². The van der Waals surface area contributed by atoms with Gasteiger partial charge in [-0.2, -0.15) is 0 Å². The number of nitrogens with two attached hydrogens (primary N) is 1. The molecule has 3 amide bonds. The lowest BCUT2D eigenvalue weighted by Crippen LogP contribution is -2.69. The monoisotopic (exact) mass is 565 g/mol. The highest BCUT2D eigenvalue weighted by Gasteiger charge is 2.69. The molecule has 3 atom stereocenters. The quantitative estimate of drug-likeness (QED) is 0.522. The molecule has 40 heavy (non-hydrogen) atoms. The number of carbonyl (C=O) groups excluding carboxylic acids is 4. The molecule has 10 nitrogen and oxygen atoms in total. The highest BCUT2D eigenvalue weighted by molar-refractivity contribution is 5.99. The highest BCUT2D eigenvalue weighted by atomic mass is 19.3. The Balaban J connectivity index is 1.77. The number of benzene rings is 1. The lowest BCUT2D eigenvalue weighted by atomic mass is 9.65. The van der Waals surface area contributed by atoms with E-state index >= 15 is 8.78 Å². The number of fused-ring (bicyclic) bond motifs is 4. The van der Waals surface area contributed by atoms with Crippen molar-refractivity contribution in [3.63, 3.8) is 0 Å². The predicted molar refractivity (Wildman–Crippen MR) is 139 cm³/mol. The van der Waals surface area contributed by atoms with Crippen LogP contribution in [0.25, 0.3) is 0 Å². The van der Waals surface area contributed by atoms with Crippen LogP contribution in [0.5, 0.6) is 5.75 Å². The van der Waals surface area contributed by atoms with Gasteiger partial charge in [0, 0.05) is 36.2 Å². The Hall–Kier alpha value is -3.44. The maximum absolute atomic E-state index is 17.0. The van der Waals surface area contributed by atoms with E-state index in [1.165, 1.54) is 12.1 Å². The molecule has 3 aliphatic rings. The SMILES string of the molecule is CC(C)(C)OC(=O)CC[C@H](C(N)=O)C1N(C(=O)OC(C)(C)C)CCC2(COc3c2ccc2c3CNC2=O)C1(F)F. The molecule has 4 rings (SSSR count). The smallest absolute Gasteiger partial charge is 0.410 e. The van der Waals surface area contributed by atoms with E-state index < -0.39 is 59.1 Å². The second kappa shape index (κ2) is 9.88. The fraction of sp³-hybridized carbons (Fsp3) is 0.643. The van der Waals surface area contributed by atoms with E-state index in [1.807, 2.05) is 0 Å². The average Bonchev–Trinajstić information content (AvgIpc) is 3.36. The summed E-state index contributed by atoms with van der Waals surface area (Å²) in [5.41, 5.74) is 3.02. The molecule has 12 heteroatoms. The molecule has 0 bridgehead atoms. The van der Waals surface area contributed by atoms with Crippen LogP contribution >= 0.6 is 0 Å². The van der Waals surface area contributed by atoms with Crippen LogP contribution in [0.15, 0.2) is 12.1 Å². The Morgan fingerprint density at radius 2 is 1.80 bits per heavy atom. The number of nitrogens with one attached hydrogen (secondary N) is 1. The molecule has 2 unspecified atom stereocenters. The van der Waals surface area contributed by atoms with Crippen LogP contribution in [0.2, 0.25) is 0 Å². The number of piperidine rings is 1. The number of nitrogens with zero attached hydrogens (tertiary/aromatic N) is 1. The van der Waals surface area contributed by atoms with Gasteiger partial charge in [0.2, 0.25) is 5.91 Å². The second-order valence-corrected chi connectivity index (χ2v) is 12.6. The van der Waals surface area contributed by atoms with Gasteiger partial charge in [0.05, 0.1) is 5.92 Å². The maximum Gasteiger partial charge on any atom is 0.410 e. The third kappa shape index (κ3) is 5.19. The summed E-state index contributed by atoms with van der Waals surface area (Å²) in [6.07, 6.45) is -1.93. The lowest BCUT2D eigenvalue weighted by Gasteiger charge is -2.51. The summed E-state index contributed by atoms with van der Waals surface area (Å²) in [5.74, 6) is -7.22. The van der Waals surface area contributed by atoms with Crippen LogP contribution < -0.4 is 15.8 Å². The first kappa shape index (κ1) is 29.5. The number of hydrogen-bond donors (Lipinski definition) is 2. The lowest BCUT2D eigenvalue weighted by molar-refractivity contribution is -0.186. The second-order valence-electron chi connectivity index (χ2n) is 12.6. The zero-order chi connectivity index (χ0) is 29.8. The van der Waals surface area contributed by atoms with E-state index in [0.29, 0.717) is 11.1 Å². The van der Waals surface area contributed by atoms with Gasteiger partial charge >= 0.3 is 12.1 Å². The summed E-state index contributed by atoms with van der Waals surface area (Å²) < 4.78 is 50.7. The van der Waals surface area contributed by atoms with Crippen molar-refractivity contribution in [2.75, 3.05) is 13.2 Å². The molecule has 1 saturated heterocycles. The van der Waals surface area contributed by atoms with Crippen LogP contribution in [0.1, 0.15) is 82.3 Å². The standard InChI is InChI=1S/C28H37F2N3O7/c1-25(2,3)39-19(34)10-8-16(22(31)35)21-28(29,30)27(11-12-33(21)24(37)40-26(4,5)6)14-38-20-17-13-32-23(36)15(17)7-9-18(20)27/h7,9,16,21H,8,10-14H2,1-6H3,(H2,31,35)(H,32,36)/t16-,21?,27?/m0/s1. The molecule has 3 aliphatic heterocycles. The zero-order valence-electron chi connectivity index (χ0n) is 23.7. The van der Waals surface area contributed by atoms with Crippen molar-refractivity contribution in [2.45, 2.75) is 95.9 Å². The van der Waals surface area contributed by atoms with E-state index in [9.17, 15) is 19.2 Å². The fourth-order valence-electron chi connectivity index (χ4n) is 5.79. The minimum atomic E-state index is -3.74. The van der Waals surface area contributed by atoms with Crippen molar-refractivity contribution < 1.29 is 42.2 Å². The molecule has 0 aliphatic carbocycles. The Morgan fingerprint density at radius 1 is 1.15 bits per heavy atom. The topological polar surface area (TPSA) is 137 Å². The van der Waals surface area contributed by atoms with Crippen LogP contribution in [-0.2, 0) is 31.0 Å². The van der Waals surface area contributed by atoms with Gasteiger partial charge in [0.15, 0.2) is 0 Å². The Kier molecular flexibility index (Phi) is 7.30. The number of likely N-dealkylation sites (tertiary alicyclic amines) is 1. The van der Waals surface area contributed by atoms with E-state index in [0.717, 1.165) is 4.90 Å². The summed E-state index contributed by atoms with van der Waals surface area (Å²) in [7, 11) is 0. The van der Waals surface area contributed by atoms with Crippen LogP contribution in [0.3, 0.4) is 0 Å². The van der Waals surface area contributed by atoms with Gasteiger partial charge in [-0.1, -0.05) is 6.07 Å². The molecule has 1 aromatic carbocycles. The van der Waals surface area contributed by atoms with Crippen molar-refractivity contribution in [3.05, 3.63) is 28.8 Å². The molecule has 3 N–H and O–H groups in total. The third-order valence-corrected chi connectivity index (χ3v) is 7.49. The summed E-state index contributed by atoms with van der Waals surface area (Å²) in [6, 6.07) is 0.922. The summed E-state index contributed by atoms with van der Waals surface area (Å²) >= 11 is 0. The molecule has 1 spiro atoms. The highest BCUT2D eigenvalue weighted by Crippen LogP contribution is 2.57. The summed E-state index contributed by atoms with van der Waals surface area (Å²) in [5, 5.41) is 2.67. The van der Waals surface area contributed by atoms with Crippen LogP contribution in [0.4, 0.5) is 13.6 Å². The number of alkyl halides is 2. The zero-order valence-corrected chi connectivity index (χ0v) is 23.7. The van der Waals surface area contributed by atoms with E-state index in [4.69, 9.17) is 19.9 Å². The molecular formula is C28H37F2N3O7. The van der Waals surface area contributed by atoms with E-state index in [2.05, 4.69) is 5.32 Å². The van der Waals surface area contributed by atoms with Gasteiger partial charge in [-0.25, -0.2) is 13.6 Å².